The number of hydrogen-bond donors (Lipinski definition) is 7. The normalized spacial score (nSPS) is 11.7. The van der Waals surface area contributed by atoms with Gasteiger partial charge in [0.05, 0.1) is 27.7 Å². The van der Waals surface area contributed by atoms with E-state index in [1.165, 1.54) is 18.2 Å². The van der Waals surface area contributed by atoms with E-state index in [9.17, 15) is 41.8 Å². The third-order valence-electron chi connectivity index (χ3n) is 5.79. The highest BCUT2D eigenvalue weighted by molar-refractivity contribution is 6.40. The lowest BCUT2D eigenvalue weighted by molar-refractivity contribution is -0.140. The lowest BCUT2D eigenvalue weighted by Gasteiger charge is -2.17. The van der Waals surface area contributed by atoms with Gasteiger partial charge < -0.3 is 32.1 Å². The Morgan fingerprint density at radius 1 is 0.932 bits per heavy atom. The Balaban J connectivity index is 1.64. The molecular formula is C27H22Cl2F4N6O5. The van der Waals surface area contributed by atoms with Crippen LogP contribution in [0.15, 0.2) is 54.6 Å². The van der Waals surface area contributed by atoms with Crippen molar-refractivity contribution in [2.45, 2.75) is 12.2 Å². The van der Waals surface area contributed by atoms with Crippen LogP contribution in [0.25, 0.3) is 11.1 Å². The second-order valence-corrected chi connectivity index (χ2v) is 9.79. The number of carbonyl (C=O) groups is 4. The van der Waals surface area contributed by atoms with Crippen LogP contribution in [0.2, 0.25) is 10.0 Å². The van der Waals surface area contributed by atoms with Gasteiger partial charge in [-0.2, -0.15) is 13.2 Å². The molecule has 1 atom stereocenters. The molecule has 0 unspecified atom stereocenters. The van der Waals surface area contributed by atoms with E-state index in [0.717, 1.165) is 18.2 Å². The first-order valence-electron chi connectivity index (χ1n) is 12.2. The van der Waals surface area contributed by atoms with E-state index in [-0.39, 0.29) is 32.7 Å². The second-order valence-electron chi connectivity index (χ2n) is 8.98. The van der Waals surface area contributed by atoms with Crippen molar-refractivity contribution in [1.29, 1.82) is 5.41 Å². The third kappa shape index (κ3) is 8.81. The van der Waals surface area contributed by atoms with Gasteiger partial charge in [0.15, 0.2) is 5.96 Å². The summed E-state index contributed by atoms with van der Waals surface area (Å²) in [5.74, 6) is -5.91. The molecule has 0 heterocycles. The van der Waals surface area contributed by atoms with Crippen molar-refractivity contribution in [2.24, 2.45) is 5.73 Å². The Hall–Kier alpha value is -4.89. The van der Waals surface area contributed by atoms with Crippen LogP contribution < -0.4 is 27.0 Å². The highest BCUT2D eigenvalue weighted by Gasteiger charge is 2.34. The van der Waals surface area contributed by atoms with E-state index in [0.29, 0.717) is 17.8 Å². The highest BCUT2D eigenvalue weighted by Crippen LogP contribution is 2.37. The van der Waals surface area contributed by atoms with Gasteiger partial charge in [-0.15, -0.1) is 0 Å². The van der Waals surface area contributed by atoms with Crippen molar-refractivity contribution >= 4 is 58.5 Å². The molecule has 0 saturated carbocycles. The Labute approximate surface area is 256 Å². The number of aliphatic carboxylic acids is 1. The maximum absolute atomic E-state index is 13.7. The summed E-state index contributed by atoms with van der Waals surface area (Å²) in [5.41, 5.74) is 3.74. The molecule has 44 heavy (non-hydrogen) atoms. The summed E-state index contributed by atoms with van der Waals surface area (Å²) in [7, 11) is 0. The zero-order chi connectivity index (χ0) is 32.8. The standard InChI is InChI=1S/C27H22Cl2F4N6O5/c28-17-8-14(12-4-5-19(30)16(7-12)27(31,32)33)9-18(29)22(17)24(42)39-20(25(43)44)10-36-21(40)11-37-23(41)13-2-1-3-15(6-13)38-26(34)35/h1-9,20H,10-11H2,(H,36,40)(H,37,41)(H,39,42)(H,43,44)(H4,34,35,38)/t20-/m0/s1. The van der Waals surface area contributed by atoms with Crippen LogP contribution in [0.4, 0.5) is 23.2 Å². The molecule has 3 aromatic rings. The van der Waals surface area contributed by atoms with Crippen molar-refractivity contribution in [3.63, 3.8) is 0 Å². The number of anilines is 1. The number of hydrogen-bond acceptors (Lipinski definition) is 5. The summed E-state index contributed by atoms with van der Waals surface area (Å²) in [6.07, 6.45) is -4.97. The zero-order valence-corrected chi connectivity index (χ0v) is 23.6. The average Bonchev–Trinajstić information content (AvgIpc) is 2.92. The summed E-state index contributed by atoms with van der Waals surface area (Å²) in [6, 6.07) is 8.62. The maximum atomic E-state index is 13.7. The highest BCUT2D eigenvalue weighted by atomic mass is 35.5. The van der Waals surface area contributed by atoms with Crippen molar-refractivity contribution in [1.82, 2.24) is 16.0 Å². The van der Waals surface area contributed by atoms with Crippen LogP contribution in [0, 0.1) is 11.2 Å². The molecule has 8 N–H and O–H groups in total. The lowest BCUT2D eigenvalue weighted by atomic mass is 10.0. The van der Waals surface area contributed by atoms with Crippen LogP contribution >= 0.6 is 23.2 Å². The van der Waals surface area contributed by atoms with E-state index in [1.807, 2.05) is 0 Å². The van der Waals surface area contributed by atoms with E-state index in [4.69, 9.17) is 34.3 Å². The Bertz CT molecular complexity index is 1610. The maximum Gasteiger partial charge on any atom is 0.419 e. The van der Waals surface area contributed by atoms with Gasteiger partial charge in [-0.3, -0.25) is 19.8 Å². The molecule has 0 fully saturated rings. The van der Waals surface area contributed by atoms with Gasteiger partial charge in [0, 0.05) is 17.8 Å². The molecular weight excluding hydrogens is 635 g/mol. The predicted octanol–water partition coefficient (Wildman–Crippen LogP) is 3.85. The molecule has 17 heteroatoms. The molecule has 0 aliphatic carbocycles. The molecule has 0 spiro atoms. The van der Waals surface area contributed by atoms with Gasteiger partial charge in [0.1, 0.15) is 11.9 Å². The third-order valence-corrected chi connectivity index (χ3v) is 6.39. The van der Waals surface area contributed by atoms with Gasteiger partial charge in [0.25, 0.3) is 11.8 Å². The number of nitrogens with two attached hydrogens (primary N) is 1. The first kappa shape index (κ1) is 33.6. The minimum Gasteiger partial charge on any atom is -0.480 e. The summed E-state index contributed by atoms with van der Waals surface area (Å²) in [6.45, 7) is -1.17. The zero-order valence-electron chi connectivity index (χ0n) is 22.1. The number of guanidine groups is 1. The van der Waals surface area contributed by atoms with Crippen LogP contribution in [-0.4, -0.2) is 53.9 Å². The van der Waals surface area contributed by atoms with Crippen LogP contribution in [-0.2, 0) is 15.8 Å². The first-order valence-corrected chi connectivity index (χ1v) is 13.0. The second kappa shape index (κ2) is 14.1. The molecule has 0 saturated heterocycles. The Kier molecular flexibility index (Phi) is 10.7. The van der Waals surface area contributed by atoms with E-state index in [2.05, 4.69) is 21.3 Å². The number of halogens is 6. The summed E-state index contributed by atoms with van der Waals surface area (Å²) >= 11 is 12.3. The van der Waals surface area contributed by atoms with E-state index < -0.39 is 65.9 Å². The van der Waals surface area contributed by atoms with Crippen molar-refractivity contribution < 1.29 is 41.8 Å². The van der Waals surface area contributed by atoms with Gasteiger partial charge in [-0.25, -0.2) is 9.18 Å². The van der Waals surface area contributed by atoms with E-state index >= 15 is 0 Å². The minimum atomic E-state index is -4.97. The smallest absolute Gasteiger partial charge is 0.419 e. The largest absolute Gasteiger partial charge is 0.480 e. The molecule has 3 amide bonds. The van der Waals surface area contributed by atoms with Crippen molar-refractivity contribution in [3.8, 4) is 11.1 Å². The number of amides is 3. The van der Waals surface area contributed by atoms with Crippen molar-refractivity contribution in [3.05, 3.63) is 87.2 Å². The summed E-state index contributed by atoms with van der Waals surface area (Å²) in [4.78, 5) is 49.2. The Morgan fingerprint density at radius 2 is 1.59 bits per heavy atom. The van der Waals surface area contributed by atoms with Gasteiger partial charge >= 0.3 is 12.1 Å². The summed E-state index contributed by atoms with van der Waals surface area (Å²) < 4.78 is 53.0. The minimum absolute atomic E-state index is 0.0213. The van der Waals surface area contributed by atoms with Gasteiger partial charge in [-0.1, -0.05) is 35.3 Å². The lowest BCUT2D eigenvalue weighted by Crippen LogP contribution is -2.50. The average molecular weight is 657 g/mol. The molecule has 232 valence electrons. The SMILES string of the molecule is N=C(N)Nc1cccc(C(=O)NCC(=O)NC[C@H](NC(=O)c2c(Cl)cc(-c3ccc(F)c(C(F)(F)F)c3)cc2Cl)C(=O)O)c1. The molecule has 0 aromatic heterocycles. The predicted molar refractivity (Wildman–Crippen MR) is 153 cm³/mol. The van der Waals surface area contributed by atoms with Crippen molar-refractivity contribution in [2.75, 3.05) is 18.4 Å². The quantitative estimate of drug-likeness (QED) is 0.0980. The molecule has 0 bridgehead atoms. The fourth-order valence-corrected chi connectivity index (χ4v) is 4.40. The number of rotatable bonds is 10. The number of alkyl halides is 3. The summed E-state index contributed by atoms with van der Waals surface area (Å²) in [5, 5.41) is 25.3. The molecule has 0 radical (unpaired) electrons. The molecule has 11 nitrogen and oxygen atoms in total. The molecule has 0 aliphatic rings. The molecule has 0 aliphatic heterocycles. The van der Waals surface area contributed by atoms with E-state index in [1.54, 1.807) is 6.07 Å². The van der Waals surface area contributed by atoms with Gasteiger partial charge in [-0.05, 0) is 53.6 Å². The number of carboxylic acids is 1. The fourth-order valence-electron chi connectivity index (χ4n) is 3.74. The number of carbonyl (C=O) groups excluding carboxylic acids is 3. The topological polar surface area (TPSA) is 186 Å². The number of benzene rings is 3. The first-order chi connectivity index (χ1) is 20.6. The van der Waals surface area contributed by atoms with Crippen LogP contribution in [0.5, 0.6) is 0 Å². The Morgan fingerprint density at radius 3 is 2.18 bits per heavy atom. The monoisotopic (exact) mass is 656 g/mol. The number of nitrogens with one attached hydrogen (secondary N) is 5. The van der Waals surface area contributed by atoms with Gasteiger partial charge in [0.2, 0.25) is 5.91 Å². The fraction of sp³-hybridized carbons (Fsp3) is 0.148. The van der Waals surface area contributed by atoms with Crippen LogP contribution in [0.1, 0.15) is 26.3 Å². The number of carboxylic acid groups (broad SMARTS) is 1. The molecule has 3 aromatic carbocycles. The molecule has 3 rings (SSSR count). The van der Waals surface area contributed by atoms with Crippen LogP contribution in [0.3, 0.4) is 0 Å².